The molecule has 1 aliphatic rings. The number of ether oxygens (including phenoxy) is 1. The number of anilines is 1. The fourth-order valence-electron chi connectivity index (χ4n) is 2.62. The lowest BCUT2D eigenvalue weighted by Gasteiger charge is -2.29. The van der Waals surface area contributed by atoms with Gasteiger partial charge in [-0.15, -0.1) is 0 Å². The molecule has 0 aliphatic carbocycles. The smallest absolute Gasteiger partial charge is 0.159 e. The standard InChI is InChI=1S/C17H19F2N3O/c18-15-4-3-13(10-16(15)19)11-20-12-14-2-1-5-21-17(14)22-6-8-23-9-7-22/h1-5,10,20H,6-9,11-12H2. The summed E-state index contributed by atoms with van der Waals surface area (Å²) < 4.78 is 31.5. The summed E-state index contributed by atoms with van der Waals surface area (Å²) in [5.41, 5.74) is 1.79. The van der Waals surface area contributed by atoms with Gasteiger partial charge in [0.1, 0.15) is 5.82 Å². The fourth-order valence-corrected chi connectivity index (χ4v) is 2.62. The lowest BCUT2D eigenvalue weighted by atomic mass is 10.2. The monoisotopic (exact) mass is 319 g/mol. The minimum atomic E-state index is -0.824. The van der Waals surface area contributed by atoms with Gasteiger partial charge in [0.2, 0.25) is 0 Å². The average Bonchev–Trinajstić information content (AvgIpc) is 2.59. The molecule has 0 unspecified atom stereocenters. The van der Waals surface area contributed by atoms with E-state index in [1.807, 2.05) is 12.1 Å². The van der Waals surface area contributed by atoms with Crippen molar-refractivity contribution in [2.45, 2.75) is 13.1 Å². The number of rotatable bonds is 5. The van der Waals surface area contributed by atoms with E-state index in [4.69, 9.17) is 4.74 Å². The van der Waals surface area contributed by atoms with Crippen LogP contribution in [0.3, 0.4) is 0 Å². The molecule has 0 atom stereocenters. The first-order valence-corrected chi connectivity index (χ1v) is 7.65. The third-order valence-corrected chi connectivity index (χ3v) is 3.81. The van der Waals surface area contributed by atoms with Crippen LogP contribution in [0.25, 0.3) is 0 Å². The van der Waals surface area contributed by atoms with Crippen LogP contribution in [-0.2, 0) is 17.8 Å². The quantitative estimate of drug-likeness (QED) is 0.919. The van der Waals surface area contributed by atoms with Crippen LogP contribution >= 0.6 is 0 Å². The van der Waals surface area contributed by atoms with Gasteiger partial charge in [0.15, 0.2) is 11.6 Å². The maximum Gasteiger partial charge on any atom is 0.159 e. The van der Waals surface area contributed by atoms with Crippen molar-refractivity contribution in [2.24, 2.45) is 0 Å². The SMILES string of the molecule is Fc1ccc(CNCc2cccnc2N2CCOCC2)cc1F. The number of nitrogens with zero attached hydrogens (tertiary/aromatic N) is 2. The largest absolute Gasteiger partial charge is 0.378 e. The molecule has 1 aromatic carbocycles. The summed E-state index contributed by atoms with van der Waals surface area (Å²) >= 11 is 0. The zero-order chi connectivity index (χ0) is 16.1. The first-order valence-electron chi connectivity index (χ1n) is 7.65. The number of morpholine rings is 1. The Morgan fingerprint density at radius 1 is 1.09 bits per heavy atom. The summed E-state index contributed by atoms with van der Waals surface area (Å²) in [5, 5.41) is 3.26. The zero-order valence-electron chi connectivity index (χ0n) is 12.8. The minimum Gasteiger partial charge on any atom is -0.378 e. The summed E-state index contributed by atoms with van der Waals surface area (Å²) in [7, 11) is 0. The molecule has 0 amide bonds. The molecule has 4 nitrogen and oxygen atoms in total. The van der Waals surface area contributed by atoms with E-state index in [9.17, 15) is 8.78 Å². The van der Waals surface area contributed by atoms with E-state index < -0.39 is 11.6 Å². The van der Waals surface area contributed by atoms with E-state index >= 15 is 0 Å². The molecule has 2 heterocycles. The van der Waals surface area contributed by atoms with Crippen molar-refractivity contribution in [3.63, 3.8) is 0 Å². The lowest BCUT2D eigenvalue weighted by Crippen LogP contribution is -2.37. The van der Waals surface area contributed by atoms with Gasteiger partial charge < -0.3 is 15.0 Å². The molecule has 0 saturated carbocycles. The molecule has 0 spiro atoms. The number of benzene rings is 1. The Bertz CT molecular complexity index is 660. The molecule has 1 fully saturated rings. The van der Waals surface area contributed by atoms with Crippen molar-refractivity contribution in [3.05, 3.63) is 59.3 Å². The topological polar surface area (TPSA) is 37.4 Å². The maximum absolute atomic E-state index is 13.2. The fraction of sp³-hybridized carbons (Fsp3) is 0.353. The van der Waals surface area contributed by atoms with E-state index in [0.717, 1.165) is 30.5 Å². The summed E-state index contributed by atoms with van der Waals surface area (Å²) in [4.78, 5) is 6.68. The van der Waals surface area contributed by atoms with Crippen molar-refractivity contribution in [1.82, 2.24) is 10.3 Å². The van der Waals surface area contributed by atoms with E-state index in [1.165, 1.54) is 6.07 Å². The number of halogens is 2. The van der Waals surface area contributed by atoms with Gasteiger partial charge in [0.05, 0.1) is 13.2 Å². The van der Waals surface area contributed by atoms with Crippen LogP contribution < -0.4 is 10.2 Å². The Labute approximate surface area is 134 Å². The Hall–Kier alpha value is -2.05. The van der Waals surface area contributed by atoms with Gasteiger partial charge in [-0.25, -0.2) is 13.8 Å². The molecule has 1 aromatic heterocycles. The van der Waals surface area contributed by atoms with Crippen molar-refractivity contribution >= 4 is 5.82 Å². The third-order valence-electron chi connectivity index (χ3n) is 3.81. The van der Waals surface area contributed by atoms with E-state index in [1.54, 1.807) is 12.3 Å². The molecule has 23 heavy (non-hydrogen) atoms. The molecular weight excluding hydrogens is 300 g/mol. The maximum atomic E-state index is 13.2. The van der Waals surface area contributed by atoms with Crippen LogP contribution in [0.2, 0.25) is 0 Å². The Kier molecular flexibility index (Phi) is 5.15. The van der Waals surface area contributed by atoms with Crippen LogP contribution in [-0.4, -0.2) is 31.3 Å². The van der Waals surface area contributed by atoms with Crippen molar-refractivity contribution in [3.8, 4) is 0 Å². The summed E-state index contributed by atoms with van der Waals surface area (Å²) in [6.07, 6.45) is 1.78. The molecule has 6 heteroatoms. The van der Waals surface area contributed by atoms with Gasteiger partial charge in [-0.1, -0.05) is 12.1 Å². The second kappa shape index (κ2) is 7.48. The van der Waals surface area contributed by atoms with Crippen molar-refractivity contribution < 1.29 is 13.5 Å². The minimum absolute atomic E-state index is 0.467. The highest BCUT2D eigenvalue weighted by molar-refractivity contribution is 5.47. The second-order valence-corrected chi connectivity index (χ2v) is 5.44. The van der Waals surface area contributed by atoms with Gasteiger partial charge >= 0.3 is 0 Å². The van der Waals surface area contributed by atoms with Crippen LogP contribution in [0.4, 0.5) is 14.6 Å². The van der Waals surface area contributed by atoms with E-state index in [0.29, 0.717) is 31.9 Å². The number of aromatic nitrogens is 1. The Morgan fingerprint density at radius 2 is 1.91 bits per heavy atom. The molecule has 1 N–H and O–H groups in total. The van der Waals surface area contributed by atoms with Crippen LogP contribution in [0, 0.1) is 11.6 Å². The van der Waals surface area contributed by atoms with Gasteiger partial charge in [-0.2, -0.15) is 0 Å². The number of hydrogen-bond acceptors (Lipinski definition) is 4. The van der Waals surface area contributed by atoms with Crippen molar-refractivity contribution in [2.75, 3.05) is 31.2 Å². The second-order valence-electron chi connectivity index (χ2n) is 5.44. The lowest BCUT2D eigenvalue weighted by molar-refractivity contribution is 0.122. The highest BCUT2D eigenvalue weighted by Gasteiger charge is 2.15. The molecule has 1 aliphatic heterocycles. The van der Waals surface area contributed by atoms with Gasteiger partial charge in [0.25, 0.3) is 0 Å². The molecule has 122 valence electrons. The normalized spacial score (nSPS) is 15.0. The van der Waals surface area contributed by atoms with Crippen molar-refractivity contribution in [1.29, 1.82) is 0 Å². The van der Waals surface area contributed by atoms with E-state index in [-0.39, 0.29) is 0 Å². The van der Waals surface area contributed by atoms with Gasteiger partial charge in [0, 0.05) is 37.9 Å². The number of hydrogen-bond donors (Lipinski definition) is 1. The number of nitrogens with one attached hydrogen (secondary N) is 1. The molecule has 1 saturated heterocycles. The summed E-state index contributed by atoms with van der Waals surface area (Å²) in [6, 6.07) is 7.87. The predicted molar refractivity (Wildman–Crippen MR) is 84.2 cm³/mol. The Morgan fingerprint density at radius 3 is 2.70 bits per heavy atom. The predicted octanol–water partition coefficient (Wildman–Crippen LogP) is 2.49. The average molecular weight is 319 g/mol. The molecular formula is C17H19F2N3O. The summed E-state index contributed by atoms with van der Waals surface area (Å²) in [5.74, 6) is -0.691. The van der Waals surface area contributed by atoms with Crippen LogP contribution in [0.1, 0.15) is 11.1 Å². The summed E-state index contributed by atoms with van der Waals surface area (Å²) in [6.45, 7) is 4.14. The van der Waals surface area contributed by atoms with Crippen LogP contribution in [0.15, 0.2) is 36.5 Å². The zero-order valence-corrected chi connectivity index (χ0v) is 12.8. The Balaban J connectivity index is 1.62. The molecule has 0 radical (unpaired) electrons. The molecule has 0 bridgehead atoms. The van der Waals surface area contributed by atoms with Gasteiger partial charge in [-0.05, 0) is 23.8 Å². The first kappa shape index (κ1) is 15.8. The number of pyridine rings is 1. The molecule has 2 aromatic rings. The van der Waals surface area contributed by atoms with Crippen LogP contribution in [0.5, 0.6) is 0 Å². The van der Waals surface area contributed by atoms with Gasteiger partial charge in [-0.3, -0.25) is 0 Å². The molecule has 3 rings (SSSR count). The van der Waals surface area contributed by atoms with E-state index in [2.05, 4.69) is 15.2 Å². The highest BCUT2D eigenvalue weighted by Crippen LogP contribution is 2.18. The highest BCUT2D eigenvalue weighted by atomic mass is 19.2. The third kappa shape index (κ3) is 4.03. The first-order chi connectivity index (χ1) is 11.2.